The van der Waals surface area contributed by atoms with Crippen molar-refractivity contribution in [1.29, 1.82) is 0 Å². The third-order valence-electron chi connectivity index (χ3n) is 2.15. The Balaban J connectivity index is 2.35. The van der Waals surface area contributed by atoms with E-state index in [4.69, 9.17) is 4.74 Å². The molecule has 0 aliphatic carbocycles. The molecule has 5 heteroatoms. The smallest absolute Gasteiger partial charge is 0.358 e. The van der Waals surface area contributed by atoms with E-state index < -0.39 is 5.97 Å². The van der Waals surface area contributed by atoms with Gasteiger partial charge in [0.05, 0.1) is 12.3 Å². The number of aromatic nitrogens is 2. The van der Waals surface area contributed by atoms with Gasteiger partial charge in [0.1, 0.15) is 4.60 Å². The van der Waals surface area contributed by atoms with E-state index in [0.717, 1.165) is 5.69 Å². The number of hydrogen-bond donors (Lipinski definition) is 0. The number of hydrogen-bond acceptors (Lipinski definition) is 3. The lowest BCUT2D eigenvalue weighted by Gasteiger charge is -2.01. The van der Waals surface area contributed by atoms with Gasteiger partial charge >= 0.3 is 5.97 Å². The number of benzene rings is 1. The van der Waals surface area contributed by atoms with E-state index in [1.165, 1.54) is 0 Å². The Bertz CT molecular complexity index is 523. The largest absolute Gasteiger partial charge is 0.461 e. The van der Waals surface area contributed by atoms with E-state index in [9.17, 15) is 4.79 Å². The molecule has 0 aliphatic heterocycles. The first-order chi connectivity index (χ1) is 8.22. The van der Waals surface area contributed by atoms with Crippen molar-refractivity contribution in [3.63, 3.8) is 0 Å². The van der Waals surface area contributed by atoms with Gasteiger partial charge in [0.2, 0.25) is 0 Å². The quantitative estimate of drug-likeness (QED) is 0.818. The predicted octanol–water partition coefficient (Wildman–Crippen LogP) is 2.81. The Morgan fingerprint density at radius 3 is 2.76 bits per heavy atom. The molecule has 1 aromatic heterocycles. The monoisotopic (exact) mass is 294 g/mol. The van der Waals surface area contributed by atoms with Crippen LogP contribution >= 0.6 is 15.9 Å². The third kappa shape index (κ3) is 2.55. The summed E-state index contributed by atoms with van der Waals surface area (Å²) in [7, 11) is 0. The van der Waals surface area contributed by atoms with Crippen molar-refractivity contribution < 1.29 is 9.53 Å². The molecule has 4 nitrogen and oxygen atoms in total. The van der Waals surface area contributed by atoms with Gasteiger partial charge in [-0.25, -0.2) is 9.48 Å². The van der Waals surface area contributed by atoms with Gasteiger partial charge in [-0.3, -0.25) is 0 Å². The third-order valence-corrected chi connectivity index (χ3v) is 2.72. The van der Waals surface area contributed by atoms with Crippen LogP contribution in [0, 0.1) is 0 Å². The summed E-state index contributed by atoms with van der Waals surface area (Å²) < 4.78 is 7.26. The molecule has 0 radical (unpaired) electrons. The highest BCUT2D eigenvalue weighted by Gasteiger charge is 2.14. The number of nitrogens with zero attached hydrogens (tertiary/aromatic N) is 2. The van der Waals surface area contributed by atoms with Gasteiger partial charge in [-0.15, -0.1) is 0 Å². The minimum atomic E-state index is -0.414. The number of halogens is 1. The van der Waals surface area contributed by atoms with Crippen molar-refractivity contribution in [2.45, 2.75) is 6.92 Å². The van der Waals surface area contributed by atoms with Crippen LogP contribution in [0.25, 0.3) is 5.69 Å². The standard InChI is InChI=1S/C12H11BrN2O2/c1-2-17-12(16)10-8-11(13)15(14-10)9-6-4-3-5-7-9/h3-8H,2H2,1H3. The lowest BCUT2D eigenvalue weighted by molar-refractivity contribution is 0.0519. The zero-order valence-electron chi connectivity index (χ0n) is 9.26. The van der Waals surface area contributed by atoms with E-state index in [0.29, 0.717) is 16.9 Å². The first-order valence-corrected chi connectivity index (χ1v) is 5.99. The van der Waals surface area contributed by atoms with E-state index in [2.05, 4.69) is 21.0 Å². The average molecular weight is 295 g/mol. The van der Waals surface area contributed by atoms with Crippen LogP contribution in [0.4, 0.5) is 0 Å². The zero-order chi connectivity index (χ0) is 12.3. The Kier molecular flexibility index (Phi) is 3.58. The number of ether oxygens (including phenoxy) is 1. The Morgan fingerprint density at radius 2 is 2.12 bits per heavy atom. The lowest BCUT2D eigenvalue weighted by atomic mass is 10.3. The highest BCUT2D eigenvalue weighted by Crippen LogP contribution is 2.18. The number of rotatable bonds is 3. The predicted molar refractivity (Wildman–Crippen MR) is 67.2 cm³/mol. The molecule has 1 aromatic carbocycles. The first kappa shape index (κ1) is 11.9. The lowest BCUT2D eigenvalue weighted by Crippen LogP contribution is -2.06. The summed E-state index contributed by atoms with van der Waals surface area (Å²) in [4.78, 5) is 11.5. The van der Waals surface area contributed by atoms with Crippen LogP contribution in [0.15, 0.2) is 41.0 Å². The van der Waals surface area contributed by atoms with E-state index in [-0.39, 0.29) is 0 Å². The van der Waals surface area contributed by atoms with E-state index in [1.807, 2.05) is 30.3 Å². The molecule has 0 aliphatic rings. The van der Waals surface area contributed by atoms with Crippen LogP contribution in [0.3, 0.4) is 0 Å². The summed E-state index contributed by atoms with van der Waals surface area (Å²) in [6.45, 7) is 2.11. The fourth-order valence-corrected chi connectivity index (χ4v) is 1.91. The molecule has 0 spiro atoms. The van der Waals surface area contributed by atoms with Crippen LogP contribution in [0.1, 0.15) is 17.4 Å². The molecule has 0 saturated carbocycles. The van der Waals surface area contributed by atoms with Crippen LogP contribution in [0.5, 0.6) is 0 Å². The molecule has 0 amide bonds. The summed E-state index contributed by atoms with van der Waals surface area (Å²) >= 11 is 3.37. The Labute approximate surface area is 107 Å². The molecule has 0 N–H and O–H groups in total. The SMILES string of the molecule is CCOC(=O)c1cc(Br)n(-c2ccccc2)n1. The average Bonchev–Trinajstić information content (AvgIpc) is 2.73. The second-order valence-electron chi connectivity index (χ2n) is 3.32. The van der Waals surface area contributed by atoms with Crippen molar-refractivity contribution in [2.75, 3.05) is 6.61 Å². The molecule has 1 heterocycles. The minimum Gasteiger partial charge on any atom is -0.461 e. The van der Waals surface area contributed by atoms with Crippen molar-refractivity contribution in [3.8, 4) is 5.69 Å². The molecular weight excluding hydrogens is 284 g/mol. The fourth-order valence-electron chi connectivity index (χ4n) is 1.41. The number of carbonyl (C=O) groups is 1. The molecule has 2 aromatic rings. The van der Waals surface area contributed by atoms with E-state index >= 15 is 0 Å². The summed E-state index contributed by atoms with van der Waals surface area (Å²) in [5.41, 5.74) is 1.18. The Hall–Kier alpha value is -1.62. The van der Waals surface area contributed by atoms with Gasteiger partial charge in [0, 0.05) is 6.07 Å². The fraction of sp³-hybridized carbons (Fsp3) is 0.167. The molecule has 0 fully saturated rings. The minimum absolute atomic E-state index is 0.294. The molecule has 0 bridgehead atoms. The summed E-state index contributed by atoms with van der Waals surface area (Å²) in [6, 6.07) is 11.2. The van der Waals surface area contributed by atoms with Gasteiger partial charge < -0.3 is 4.74 Å². The van der Waals surface area contributed by atoms with Gasteiger partial charge in [-0.1, -0.05) is 18.2 Å². The van der Waals surface area contributed by atoms with Gasteiger partial charge in [0.25, 0.3) is 0 Å². The molecule has 2 rings (SSSR count). The van der Waals surface area contributed by atoms with Crippen LogP contribution < -0.4 is 0 Å². The molecule has 0 saturated heterocycles. The van der Waals surface area contributed by atoms with Crippen LogP contribution in [-0.2, 0) is 4.74 Å². The highest BCUT2D eigenvalue weighted by molar-refractivity contribution is 9.10. The number of para-hydroxylation sites is 1. The zero-order valence-corrected chi connectivity index (χ0v) is 10.8. The number of carbonyl (C=O) groups excluding carboxylic acids is 1. The maximum Gasteiger partial charge on any atom is 0.358 e. The van der Waals surface area contributed by atoms with Crippen molar-refractivity contribution >= 4 is 21.9 Å². The normalized spacial score (nSPS) is 10.2. The topological polar surface area (TPSA) is 44.1 Å². The Morgan fingerprint density at radius 1 is 1.41 bits per heavy atom. The van der Waals surface area contributed by atoms with Crippen molar-refractivity contribution in [3.05, 3.63) is 46.7 Å². The van der Waals surface area contributed by atoms with Crippen molar-refractivity contribution in [1.82, 2.24) is 9.78 Å². The van der Waals surface area contributed by atoms with Crippen LogP contribution in [-0.4, -0.2) is 22.4 Å². The second kappa shape index (κ2) is 5.14. The van der Waals surface area contributed by atoms with Crippen LogP contribution in [0.2, 0.25) is 0 Å². The number of esters is 1. The summed E-state index contributed by atoms with van der Waals surface area (Å²) in [6.07, 6.45) is 0. The molecule has 17 heavy (non-hydrogen) atoms. The molecule has 88 valence electrons. The molecule has 0 unspecified atom stereocenters. The van der Waals surface area contributed by atoms with Gasteiger partial charge in [-0.2, -0.15) is 5.10 Å². The summed E-state index contributed by atoms with van der Waals surface area (Å²) in [5, 5.41) is 4.19. The summed E-state index contributed by atoms with van der Waals surface area (Å²) in [5.74, 6) is -0.414. The molecule has 0 atom stereocenters. The maximum absolute atomic E-state index is 11.5. The van der Waals surface area contributed by atoms with E-state index in [1.54, 1.807) is 17.7 Å². The van der Waals surface area contributed by atoms with Gasteiger partial charge in [-0.05, 0) is 35.0 Å². The van der Waals surface area contributed by atoms with Gasteiger partial charge in [0.15, 0.2) is 5.69 Å². The molecular formula is C12H11BrN2O2. The second-order valence-corrected chi connectivity index (χ2v) is 4.13. The highest BCUT2D eigenvalue weighted by atomic mass is 79.9. The maximum atomic E-state index is 11.5. The first-order valence-electron chi connectivity index (χ1n) is 5.20. The van der Waals surface area contributed by atoms with Crippen molar-refractivity contribution in [2.24, 2.45) is 0 Å².